The molecule has 0 bridgehead atoms. The van der Waals surface area contributed by atoms with Crippen LogP contribution in [0.4, 0.5) is 5.69 Å². The van der Waals surface area contributed by atoms with E-state index in [0.29, 0.717) is 6.54 Å². The molecule has 0 atom stereocenters. The van der Waals surface area contributed by atoms with Crippen molar-refractivity contribution >= 4 is 17.0 Å². The first-order valence-corrected chi connectivity index (χ1v) is 6.90. The molecule has 0 saturated heterocycles. The van der Waals surface area contributed by atoms with Gasteiger partial charge in [0.05, 0.1) is 12.2 Å². The molecular formula is C14H19N3S. The molecule has 0 saturated carbocycles. The number of aromatic nitrogens is 1. The van der Waals surface area contributed by atoms with Gasteiger partial charge in [-0.05, 0) is 25.5 Å². The Hall–Kier alpha value is -1.39. The van der Waals surface area contributed by atoms with E-state index in [1.807, 2.05) is 0 Å². The summed E-state index contributed by atoms with van der Waals surface area (Å²) in [5.74, 6) is 0. The highest BCUT2D eigenvalue weighted by Gasteiger charge is 2.08. The smallest absolute Gasteiger partial charge is 0.107 e. The third-order valence-corrected chi connectivity index (χ3v) is 3.86. The van der Waals surface area contributed by atoms with E-state index in [4.69, 9.17) is 5.73 Å². The van der Waals surface area contributed by atoms with Gasteiger partial charge >= 0.3 is 0 Å². The van der Waals surface area contributed by atoms with Crippen LogP contribution in [0, 0.1) is 13.8 Å². The van der Waals surface area contributed by atoms with Crippen LogP contribution >= 0.6 is 11.3 Å². The van der Waals surface area contributed by atoms with Crippen LogP contribution in [0.3, 0.4) is 0 Å². The number of thiazole rings is 1. The standard InChI is InChI=1S/C14H19N3S/c1-10-4-5-13(11(2)6-10)17(3)8-12-9-18-14(7-15)16-12/h4-6,9H,7-8,15H2,1-3H3. The van der Waals surface area contributed by atoms with E-state index >= 15 is 0 Å². The summed E-state index contributed by atoms with van der Waals surface area (Å²) >= 11 is 1.63. The zero-order chi connectivity index (χ0) is 13.1. The fourth-order valence-electron chi connectivity index (χ4n) is 2.08. The van der Waals surface area contributed by atoms with Gasteiger partial charge in [0.1, 0.15) is 5.01 Å². The monoisotopic (exact) mass is 261 g/mol. The average Bonchev–Trinajstić information content (AvgIpc) is 2.76. The summed E-state index contributed by atoms with van der Waals surface area (Å²) < 4.78 is 0. The van der Waals surface area contributed by atoms with Gasteiger partial charge in [-0.2, -0.15) is 0 Å². The van der Waals surface area contributed by atoms with E-state index in [-0.39, 0.29) is 0 Å². The molecule has 0 fully saturated rings. The maximum Gasteiger partial charge on any atom is 0.107 e. The van der Waals surface area contributed by atoms with E-state index in [1.54, 1.807) is 11.3 Å². The largest absolute Gasteiger partial charge is 0.368 e. The molecular weight excluding hydrogens is 242 g/mol. The first-order valence-electron chi connectivity index (χ1n) is 6.02. The first kappa shape index (κ1) is 13.1. The molecule has 1 aromatic heterocycles. The second-order valence-electron chi connectivity index (χ2n) is 4.58. The molecule has 18 heavy (non-hydrogen) atoms. The van der Waals surface area contributed by atoms with E-state index < -0.39 is 0 Å². The summed E-state index contributed by atoms with van der Waals surface area (Å²) in [6.07, 6.45) is 0. The van der Waals surface area contributed by atoms with Crippen LogP contribution in [0.15, 0.2) is 23.6 Å². The van der Waals surface area contributed by atoms with E-state index in [1.165, 1.54) is 16.8 Å². The Labute approximate surface area is 112 Å². The van der Waals surface area contributed by atoms with E-state index in [0.717, 1.165) is 17.2 Å². The molecule has 0 aliphatic rings. The zero-order valence-corrected chi connectivity index (χ0v) is 11.9. The van der Waals surface area contributed by atoms with Gasteiger partial charge in [0, 0.05) is 24.7 Å². The van der Waals surface area contributed by atoms with Crippen molar-refractivity contribution in [3.05, 3.63) is 45.4 Å². The van der Waals surface area contributed by atoms with Gasteiger partial charge in [0.25, 0.3) is 0 Å². The zero-order valence-electron chi connectivity index (χ0n) is 11.1. The third kappa shape index (κ3) is 2.89. The molecule has 2 rings (SSSR count). The van der Waals surface area contributed by atoms with Crippen molar-refractivity contribution in [3.63, 3.8) is 0 Å². The van der Waals surface area contributed by atoms with Crippen molar-refractivity contribution in [1.82, 2.24) is 4.98 Å². The summed E-state index contributed by atoms with van der Waals surface area (Å²) in [6, 6.07) is 6.52. The predicted octanol–water partition coefficient (Wildman–Crippen LogP) is 2.86. The topological polar surface area (TPSA) is 42.1 Å². The van der Waals surface area contributed by atoms with Gasteiger partial charge in [-0.3, -0.25) is 0 Å². The molecule has 4 heteroatoms. The molecule has 0 amide bonds. The summed E-state index contributed by atoms with van der Waals surface area (Å²) in [4.78, 5) is 6.72. The lowest BCUT2D eigenvalue weighted by atomic mass is 10.1. The molecule has 2 aromatic rings. The highest BCUT2D eigenvalue weighted by atomic mass is 32.1. The van der Waals surface area contributed by atoms with Crippen LogP contribution in [0.5, 0.6) is 0 Å². The van der Waals surface area contributed by atoms with Crippen molar-refractivity contribution in [3.8, 4) is 0 Å². The molecule has 96 valence electrons. The maximum atomic E-state index is 5.58. The summed E-state index contributed by atoms with van der Waals surface area (Å²) in [6.45, 7) is 5.61. The number of aryl methyl sites for hydroxylation is 2. The fraction of sp³-hybridized carbons (Fsp3) is 0.357. The minimum atomic E-state index is 0.526. The molecule has 0 aliphatic heterocycles. The molecule has 1 aromatic carbocycles. The van der Waals surface area contributed by atoms with Crippen LogP contribution < -0.4 is 10.6 Å². The van der Waals surface area contributed by atoms with Gasteiger partial charge in [0.15, 0.2) is 0 Å². The number of benzene rings is 1. The minimum absolute atomic E-state index is 0.526. The number of anilines is 1. The second kappa shape index (κ2) is 5.50. The Morgan fingerprint density at radius 2 is 2.11 bits per heavy atom. The van der Waals surface area contributed by atoms with Gasteiger partial charge in [0.2, 0.25) is 0 Å². The summed E-state index contributed by atoms with van der Waals surface area (Å²) in [5, 5.41) is 3.08. The van der Waals surface area contributed by atoms with Crippen molar-refractivity contribution in [2.24, 2.45) is 5.73 Å². The second-order valence-corrected chi connectivity index (χ2v) is 5.53. The van der Waals surface area contributed by atoms with Crippen molar-refractivity contribution in [2.75, 3.05) is 11.9 Å². The molecule has 0 radical (unpaired) electrons. The lowest BCUT2D eigenvalue weighted by Crippen LogP contribution is -2.17. The lowest BCUT2D eigenvalue weighted by molar-refractivity contribution is 0.876. The Kier molecular flexibility index (Phi) is 3.99. The van der Waals surface area contributed by atoms with Crippen LogP contribution in [0.2, 0.25) is 0 Å². The average molecular weight is 261 g/mol. The van der Waals surface area contributed by atoms with Gasteiger partial charge in [-0.1, -0.05) is 17.7 Å². The van der Waals surface area contributed by atoms with Crippen LogP contribution in [0.1, 0.15) is 21.8 Å². The normalized spacial score (nSPS) is 10.7. The number of nitrogens with zero attached hydrogens (tertiary/aromatic N) is 2. The van der Waals surface area contributed by atoms with Crippen molar-refractivity contribution in [1.29, 1.82) is 0 Å². The van der Waals surface area contributed by atoms with Crippen LogP contribution in [-0.2, 0) is 13.1 Å². The number of hydrogen-bond acceptors (Lipinski definition) is 4. The van der Waals surface area contributed by atoms with Gasteiger partial charge < -0.3 is 10.6 Å². The Morgan fingerprint density at radius 3 is 2.72 bits per heavy atom. The Morgan fingerprint density at radius 1 is 1.33 bits per heavy atom. The maximum absolute atomic E-state index is 5.58. The molecule has 0 unspecified atom stereocenters. The fourth-order valence-corrected chi connectivity index (χ4v) is 2.74. The van der Waals surface area contributed by atoms with Gasteiger partial charge in [-0.15, -0.1) is 11.3 Å². The minimum Gasteiger partial charge on any atom is -0.368 e. The van der Waals surface area contributed by atoms with E-state index in [9.17, 15) is 0 Å². The SMILES string of the molecule is Cc1ccc(N(C)Cc2csc(CN)n2)c(C)c1. The third-order valence-electron chi connectivity index (χ3n) is 2.94. The molecule has 0 spiro atoms. The highest BCUT2D eigenvalue weighted by Crippen LogP contribution is 2.22. The first-order chi connectivity index (χ1) is 8.60. The molecule has 1 heterocycles. The number of rotatable bonds is 4. The summed E-state index contributed by atoms with van der Waals surface area (Å²) in [7, 11) is 2.10. The number of nitrogens with two attached hydrogens (primary N) is 1. The lowest BCUT2D eigenvalue weighted by Gasteiger charge is -2.20. The summed E-state index contributed by atoms with van der Waals surface area (Å²) in [5.41, 5.74) is 10.5. The molecule has 0 aliphatic carbocycles. The Bertz CT molecular complexity index is 534. The van der Waals surface area contributed by atoms with E-state index in [2.05, 4.69) is 54.4 Å². The predicted molar refractivity (Wildman–Crippen MR) is 78.0 cm³/mol. The van der Waals surface area contributed by atoms with Crippen molar-refractivity contribution < 1.29 is 0 Å². The number of hydrogen-bond donors (Lipinski definition) is 1. The molecule has 3 nitrogen and oxygen atoms in total. The molecule has 2 N–H and O–H groups in total. The highest BCUT2D eigenvalue weighted by molar-refractivity contribution is 7.09. The van der Waals surface area contributed by atoms with Crippen LogP contribution in [0.25, 0.3) is 0 Å². The van der Waals surface area contributed by atoms with Crippen molar-refractivity contribution in [2.45, 2.75) is 26.9 Å². The Balaban J connectivity index is 2.13. The van der Waals surface area contributed by atoms with Crippen LogP contribution in [-0.4, -0.2) is 12.0 Å². The van der Waals surface area contributed by atoms with Gasteiger partial charge in [-0.25, -0.2) is 4.98 Å². The quantitative estimate of drug-likeness (QED) is 0.920.